The van der Waals surface area contributed by atoms with Crippen molar-refractivity contribution in [3.63, 3.8) is 0 Å². The minimum absolute atomic E-state index is 0.112. The fraction of sp³-hybridized carbons (Fsp3) is 0.500. The second-order valence-electron chi connectivity index (χ2n) is 5.57. The molecular formula is C14H19FN2OS. The molecule has 1 unspecified atom stereocenters. The molecular weight excluding hydrogens is 263 g/mol. The lowest BCUT2D eigenvalue weighted by atomic mass is 9.82. The van der Waals surface area contributed by atoms with Gasteiger partial charge in [-0.3, -0.25) is 4.79 Å². The van der Waals surface area contributed by atoms with Crippen LogP contribution in [0.2, 0.25) is 0 Å². The molecule has 5 heteroatoms. The Balaban J connectivity index is 2.22. The highest BCUT2D eigenvalue weighted by Gasteiger charge is 2.32. The van der Waals surface area contributed by atoms with Crippen LogP contribution in [0.1, 0.15) is 30.6 Å². The van der Waals surface area contributed by atoms with Gasteiger partial charge in [0.2, 0.25) is 5.91 Å². The smallest absolute Gasteiger partial charge is 0.248 e. The third kappa shape index (κ3) is 3.21. The maximum absolute atomic E-state index is 13.8. The number of nitrogens with two attached hydrogens (primary N) is 1. The molecule has 1 aromatic carbocycles. The minimum atomic E-state index is -0.541. The normalized spacial score (nSPS) is 21.9. The molecule has 0 spiro atoms. The maximum atomic E-state index is 13.8. The molecule has 3 nitrogen and oxygen atoms in total. The molecule has 1 amide bonds. The van der Waals surface area contributed by atoms with E-state index in [1.165, 1.54) is 18.2 Å². The zero-order valence-corrected chi connectivity index (χ0v) is 12.0. The number of amides is 1. The van der Waals surface area contributed by atoms with Gasteiger partial charge in [0.25, 0.3) is 0 Å². The van der Waals surface area contributed by atoms with E-state index >= 15 is 0 Å². The fourth-order valence-electron chi connectivity index (χ4n) is 2.15. The Kier molecular flexibility index (Phi) is 4.04. The van der Waals surface area contributed by atoms with Gasteiger partial charge >= 0.3 is 0 Å². The molecule has 1 aliphatic rings. The number of carbonyl (C=O) groups excluding carboxylic acids is 1. The van der Waals surface area contributed by atoms with Crippen molar-refractivity contribution in [3.8, 4) is 0 Å². The Labute approximate surface area is 117 Å². The van der Waals surface area contributed by atoms with Crippen LogP contribution in [0.25, 0.3) is 0 Å². The average molecular weight is 282 g/mol. The van der Waals surface area contributed by atoms with Crippen LogP contribution in [0.5, 0.6) is 0 Å². The van der Waals surface area contributed by atoms with Gasteiger partial charge in [0, 0.05) is 17.4 Å². The number of anilines is 1. The predicted octanol–water partition coefficient (Wildman–Crippen LogP) is 2.87. The summed E-state index contributed by atoms with van der Waals surface area (Å²) >= 11 is 1.86. The van der Waals surface area contributed by atoms with Crippen molar-refractivity contribution in [2.45, 2.75) is 26.3 Å². The molecule has 0 bridgehead atoms. The number of rotatable bonds is 3. The molecule has 0 aromatic heterocycles. The Morgan fingerprint density at radius 2 is 2.26 bits per heavy atom. The summed E-state index contributed by atoms with van der Waals surface area (Å²) in [7, 11) is 0. The minimum Gasteiger partial charge on any atom is -0.379 e. The van der Waals surface area contributed by atoms with Crippen LogP contribution in [0.4, 0.5) is 10.1 Å². The van der Waals surface area contributed by atoms with Crippen molar-refractivity contribution in [2.75, 3.05) is 16.8 Å². The first-order valence-corrected chi connectivity index (χ1v) is 7.49. The van der Waals surface area contributed by atoms with E-state index in [4.69, 9.17) is 5.73 Å². The van der Waals surface area contributed by atoms with Gasteiger partial charge < -0.3 is 11.1 Å². The molecule has 1 saturated heterocycles. The van der Waals surface area contributed by atoms with Crippen LogP contribution < -0.4 is 11.1 Å². The van der Waals surface area contributed by atoms with Crippen molar-refractivity contribution in [1.82, 2.24) is 0 Å². The zero-order chi connectivity index (χ0) is 14.0. The van der Waals surface area contributed by atoms with Gasteiger partial charge in [-0.25, -0.2) is 4.39 Å². The number of benzene rings is 1. The van der Waals surface area contributed by atoms with E-state index in [0.717, 1.165) is 17.9 Å². The van der Waals surface area contributed by atoms with Crippen LogP contribution in [0.3, 0.4) is 0 Å². The van der Waals surface area contributed by atoms with Crippen molar-refractivity contribution < 1.29 is 9.18 Å². The van der Waals surface area contributed by atoms with Gasteiger partial charge in [0.1, 0.15) is 5.82 Å². The summed E-state index contributed by atoms with van der Waals surface area (Å²) in [5.41, 5.74) is 6.02. The Hall–Kier alpha value is -1.23. The summed E-state index contributed by atoms with van der Waals surface area (Å²) in [6.45, 7) is 4.36. The van der Waals surface area contributed by atoms with Crippen molar-refractivity contribution in [2.24, 2.45) is 11.1 Å². The lowest BCUT2D eigenvalue weighted by Crippen LogP contribution is -2.41. The molecule has 104 valence electrons. The van der Waals surface area contributed by atoms with Crippen LogP contribution >= 0.6 is 11.8 Å². The van der Waals surface area contributed by atoms with Gasteiger partial charge in [-0.05, 0) is 35.8 Å². The average Bonchev–Trinajstić information content (AvgIpc) is 2.34. The quantitative estimate of drug-likeness (QED) is 0.896. The fourth-order valence-corrected chi connectivity index (χ4v) is 3.76. The van der Waals surface area contributed by atoms with E-state index in [0.29, 0.717) is 11.3 Å². The summed E-state index contributed by atoms with van der Waals surface area (Å²) in [4.78, 5) is 11.2. The number of carbonyl (C=O) groups is 1. The highest BCUT2D eigenvalue weighted by Crippen LogP contribution is 2.36. The van der Waals surface area contributed by atoms with E-state index < -0.39 is 5.91 Å². The third-order valence-corrected chi connectivity index (χ3v) is 4.76. The van der Waals surface area contributed by atoms with Crippen LogP contribution in [0.15, 0.2) is 18.2 Å². The molecule has 19 heavy (non-hydrogen) atoms. The topological polar surface area (TPSA) is 55.1 Å². The summed E-state index contributed by atoms with van der Waals surface area (Å²) in [6, 6.07) is 4.37. The summed E-state index contributed by atoms with van der Waals surface area (Å²) in [5.74, 6) is 1.18. The van der Waals surface area contributed by atoms with Crippen molar-refractivity contribution in [1.29, 1.82) is 0 Å². The molecule has 1 heterocycles. The number of primary amides is 1. The number of halogens is 1. The Morgan fingerprint density at radius 3 is 2.89 bits per heavy atom. The molecule has 1 aliphatic heterocycles. The van der Waals surface area contributed by atoms with Gasteiger partial charge in [-0.1, -0.05) is 13.8 Å². The van der Waals surface area contributed by atoms with Gasteiger partial charge in [-0.15, -0.1) is 0 Å². The summed E-state index contributed by atoms with van der Waals surface area (Å²) in [6.07, 6.45) is 1.09. The molecule has 1 atom stereocenters. The SMILES string of the molecule is CC1(C)CCSCC1Nc1cc(C(N)=O)ccc1F. The van der Waals surface area contributed by atoms with Crippen LogP contribution in [-0.4, -0.2) is 23.5 Å². The monoisotopic (exact) mass is 282 g/mol. The number of thioether (sulfide) groups is 1. The summed E-state index contributed by atoms with van der Waals surface area (Å²) in [5, 5.41) is 3.23. The standard InChI is InChI=1S/C14H19FN2OS/c1-14(2)5-6-19-8-12(14)17-11-7-9(13(16)18)3-4-10(11)15/h3-4,7,12,17H,5-6,8H2,1-2H3,(H2,16,18). The Morgan fingerprint density at radius 1 is 1.53 bits per heavy atom. The second kappa shape index (κ2) is 5.41. The summed E-state index contributed by atoms with van der Waals surface area (Å²) < 4.78 is 13.8. The van der Waals surface area contributed by atoms with Crippen molar-refractivity contribution in [3.05, 3.63) is 29.6 Å². The maximum Gasteiger partial charge on any atom is 0.248 e. The van der Waals surface area contributed by atoms with E-state index in [2.05, 4.69) is 19.2 Å². The lowest BCUT2D eigenvalue weighted by molar-refractivity contribution is 0.100. The molecule has 0 radical (unpaired) electrons. The molecule has 0 saturated carbocycles. The van der Waals surface area contributed by atoms with E-state index in [-0.39, 0.29) is 17.3 Å². The highest BCUT2D eigenvalue weighted by atomic mass is 32.2. The predicted molar refractivity (Wildman–Crippen MR) is 78.1 cm³/mol. The van der Waals surface area contributed by atoms with Crippen LogP contribution in [0, 0.1) is 11.2 Å². The first-order valence-electron chi connectivity index (χ1n) is 6.34. The van der Waals surface area contributed by atoms with Gasteiger partial charge in [0.15, 0.2) is 0 Å². The number of nitrogens with one attached hydrogen (secondary N) is 1. The lowest BCUT2D eigenvalue weighted by Gasteiger charge is -2.39. The molecule has 3 N–H and O–H groups in total. The molecule has 1 aromatic rings. The molecule has 0 aliphatic carbocycles. The van der Waals surface area contributed by atoms with Gasteiger partial charge in [-0.2, -0.15) is 11.8 Å². The zero-order valence-electron chi connectivity index (χ0n) is 11.2. The number of hydrogen-bond acceptors (Lipinski definition) is 3. The first-order chi connectivity index (χ1) is 8.90. The molecule has 2 rings (SSSR count). The highest BCUT2D eigenvalue weighted by molar-refractivity contribution is 7.99. The van der Waals surface area contributed by atoms with Gasteiger partial charge in [0.05, 0.1) is 5.69 Å². The largest absolute Gasteiger partial charge is 0.379 e. The van der Waals surface area contributed by atoms with Crippen molar-refractivity contribution >= 4 is 23.4 Å². The Bertz CT molecular complexity index is 490. The number of hydrogen-bond donors (Lipinski definition) is 2. The van der Waals surface area contributed by atoms with Crippen LogP contribution in [-0.2, 0) is 0 Å². The molecule has 1 fully saturated rings. The van der Waals surface area contributed by atoms with E-state index in [1.807, 2.05) is 11.8 Å². The van der Waals surface area contributed by atoms with E-state index in [9.17, 15) is 9.18 Å². The first kappa shape index (κ1) is 14.2. The van der Waals surface area contributed by atoms with E-state index in [1.54, 1.807) is 0 Å². The third-order valence-electron chi connectivity index (χ3n) is 3.70. The second-order valence-corrected chi connectivity index (χ2v) is 6.72.